The average molecular weight is 273 g/mol. The summed E-state index contributed by atoms with van der Waals surface area (Å²) in [4.78, 5) is 0.948. The van der Waals surface area contributed by atoms with Gasteiger partial charge < -0.3 is 10.5 Å². The van der Waals surface area contributed by atoms with Gasteiger partial charge in [0.15, 0.2) is 9.84 Å². The van der Waals surface area contributed by atoms with Crippen molar-refractivity contribution in [2.45, 2.75) is 16.6 Å². The van der Waals surface area contributed by atoms with Crippen LogP contribution in [0.1, 0.15) is 6.42 Å². The van der Waals surface area contributed by atoms with E-state index in [1.54, 1.807) is 31.0 Å². The van der Waals surface area contributed by atoms with E-state index >= 15 is 0 Å². The Kier molecular flexibility index (Phi) is 3.53. The molecule has 2 N–H and O–H groups in total. The van der Waals surface area contributed by atoms with Crippen LogP contribution in [0, 0.1) is 0 Å². The highest BCUT2D eigenvalue weighted by Crippen LogP contribution is 2.37. The Morgan fingerprint density at radius 2 is 2.24 bits per heavy atom. The lowest BCUT2D eigenvalue weighted by Gasteiger charge is -2.12. The fourth-order valence-corrected chi connectivity index (χ4v) is 5.40. The summed E-state index contributed by atoms with van der Waals surface area (Å²) in [5.74, 6) is 1.26. The second kappa shape index (κ2) is 4.78. The van der Waals surface area contributed by atoms with Crippen molar-refractivity contribution in [3.05, 3.63) is 18.2 Å². The summed E-state index contributed by atoms with van der Waals surface area (Å²) in [6.45, 7) is 0. The molecule has 0 saturated carbocycles. The van der Waals surface area contributed by atoms with Crippen molar-refractivity contribution in [1.29, 1.82) is 0 Å². The quantitative estimate of drug-likeness (QED) is 0.846. The first-order valence-corrected chi connectivity index (χ1v) is 8.01. The number of thioether (sulfide) groups is 1. The van der Waals surface area contributed by atoms with Gasteiger partial charge >= 0.3 is 0 Å². The first kappa shape index (κ1) is 12.6. The highest BCUT2D eigenvalue weighted by molar-refractivity contribution is 8.02. The molecule has 4 nitrogen and oxygen atoms in total. The van der Waals surface area contributed by atoms with Crippen LogP contribution < -0.4 is 10.5 Å². The summed E-state index contributed by atoms with van der Waals surface area (Å²) in [5, 5.41) is 0.123. The number of nitrogen functional groups attached to an aromatic ring is 1. The summed E-state index contributed by atoms with van der Waals surface area (Å²) >= 11 is 1.55. The van der Waals surface area contributed by atoms with Gasteiger partial charge in [-0.15, -0.1) is 11.8 Å². The van der Waals surface area contributed by atoms with Gasteiger partial charge in [0.05, 0.1) is 18.6 Å². The Balaban J connectivity index is 2.14. The van der Waals surface area contributed by atoms with Crippen LogP contribution in [0.2, 0.25) is 0 Å². The Bertz CT molecular complexity index is 513. The number of sulfone groups is 1. The number of ether oxygens (including phenoxy) is 1. The molecule has 1 atom stereocenters. The fraction of sp³-hybridized carbons (Fsp3) is 0.455. The van der Waals surface area contributed by atoms with Gasteiger partial charge in [-0.05, 0) is 18.6 Å². The first-order chi connectivity index (χ1) is 8.00. The average Bonchev–Trinajstić information content (AvgIpc) is 2.61. The third-order valence-corrected chi connectivity index (χ3v) is 5.98. The molecule has 0 spiro atoms. The van der Waals surface area contributed by atoms with Gasteiger partial charge in [-0.2, -0.15) is 0 Å². The minimum atomic E-state index is -2.83. The molecule has 2 rings (SSSR count). The van der Waals surface area contributed by atoms with E-state index < -0.39 is 9.84 Å². The molecule has 1 fully saturated rings. The van der Waals surface area contributed by atoms with Crippen LogP contribution in [0.5, 0.6) is 5.75 Å². The van der Waals surface area contributed by atoms with Crippen molar-refractivity contribution in [3.63, 3.8) is 0 Å². The molecule has 1 aliphatic rings. The largest absolute Gasteiger partial charge is 0.496 e. The predicted octanol–water partition coefficient (Wildman–Crippen LogP) is 1.56. The topological polar surface area (TPSA) is 69.4 Å². The minimum absolute atomic E-state index is 0.123. The van der Waals surface area contributed by atoms with Crippen molar-refractivity contribution in [2.24, 2.45) is 0 Å². The van der Waals surface area contributed by atoms with Crippen molar-refractivity contribution >= 4 is 27.3 Å². The molecule has 0 aliphatic carbocycles. The zero-order valence-electron chi connectivity index (χ0n) is 9.55. The van der Waals surface area contributed by atoms with Crippen molar-refractivity contribution in [3.8, 4) is 5.75 Å². The number of rotatable bonds is 3. The Morgan fingerprint density at radius 1 is 1.47 bits per heavy atom. The second-order valence-electron chi connectivity index (χ2n) is 4.05. The molecular weight excluding hydrogens is 258 g/mol. The maximum absolute atomic E-state index is 11.4. The highest BCUT2D eigenvalue weighted by atomic mass is 32.2. The molecule has 0 amide bonds. The van der Waals surface area contributed by atoms with E-state index in [0.717, 1.165) is 4.90 Å². The third-order valence-electron chi connectivity index (χ3n) is 2.67. The SMILES string of the molecule is COc1cc(N)ccc1SC1CCS(=O)(=O)C1. The maximum Gasteiger partial charge on any atom is 0.151 e. The van der Waals surface area contributed by atoms with Crippen LogP contribution in [0.15, 0.2) is 23.1 Å². The van der Waals surface area contributed by atoms with Gasteiger partial charge in [0.2, 0.25) is 0 Å². The van der Waals surface area contributed by atoms with Gasteiger partial charge in [0.1, 0.15) is 5.75 Å². The molecule has 1 unspecified atom stereocenters. The van der Waals surface area contributed by atoms with Crippen molar-refractivity contribution in [2.75, 3.05) is 24.3 Å². The molecular formula is C11H15NO3S2. The van der Waals surface area contributed by atoms with Crippen LogP contribution >= 0.6 is 11.8 Å². The molecule has 1 aliphatic heterocycles. The lowest BCUT2D eigenvalue weighted by molar-refractivity contribution is 0.405. The number of methoxy groups -OCH3 is 1. The molecule has 6 heteroatoms. The molecule has 0 bridgehead atoms. The van der Waals surface area contributed by atoms with Crippen LogP contribution in [0.4, 0.5) is 5.69 Å². The normalized spacial score (nSPS) is 22.5. The Hall–Kier alpha value is -0.880. The van der Waals surface area contributed by atoms with Crippen LogP contribution in [0.3, 0.4) is 0 Å². The third kappa shape index (κ3) is 3.07. The first-order valence-electron chi connectivity index (χ1n) is 5.31. The van der Waals surface area contributed by atoms with Crippen molar-refractivity contribution < 1.29 is 13.2 Å². The molecule has 0 radical (unpaired) electrons. The fourth-order valence-electron chi connectivity index (χ4n) is 1.81. The lowest BCUT2D eigenvalue weighted by atomic mass is 10.3. The smallest absolute Gasteiger partial charge is 0.151 e. The van der Waals surface area contributed by atoms with E-state index in [1.807, 2.05) is 6.07 Å². The zero-order chi connectivity index (χ0) is 12.5. The molecule has 1 heterocycles. The lowest BCUT2D eigenvalue weighted by Crippen LogP contribution is -2.06. The zero-order valence-corrected chi connectivity index (χ0v) is 11.2. The summed E-state index contributed by atoms with van der Waals surface area (Å²) in [6, 6.07) is 5.43. The number of anilines is 1. The Morgan fingerprint density at radius 3 is 2.82 bits per heavy atom. The van der Waals surface area contributed by atoms with Gasteiger partial charge in [-0.1, -0.05) is 0 Å². The standard InChI is InChI=1S/C11H15NO3S2/c1-15-10-6-8(12)2-3-11(10)16-9-4-5-17(13,14)7-9/h2-3,6,9H,4-5,7,12H2,1H3. The molecule has 17 heavy (non-hydrogen) atoms. The van der Waals surface area contributed by atoms with Gasteiger partial charge in [-0.25, -0.2) is 8.42 Å². The van der Waals surface area contributed by atoms with Crippen LogP contribution in [0.25, 0.3) is 0 Å². The monoisotopic (exact) mass is 273 g/mol. The number of hydrogen-bond acceptors (Lipinski definition) is 5. The molecule has 1 aromatic rings. The maximum atomic E-state index is 11.4. The van der Waals surface area contributed by atoms with Gasteiger partial charge in [0, 0.05) is 21.9 Å². The summed E-state index contributed by atoms with van der Waals surface area (Å²) < 4.78 is 28.0. The van der Waals surface area contributed by atoms with Gasteiger partial charge in [0.25, 0.3) is 0 Å². The molecule has 0 aromatic heterocycles. The van der Waals surface area contributed by atoms with Gasteiger partial charge in [-0.3, -0.25) is 0 Å². The minimum Gasteiger partial charge on any atom is -0.496 e. The van der Waals surface area contributed by atoms with E-state index in [1.165, 1.54) is 0 Å². The van der Waals surface area contributed by atoms with E-state index in [-0.39, 0.29) is 11.0 Å². The van der Waals surface area contributed by atoms with Crippen LogP contribution in [-0.4, -0.2) is 32.3 Å². The van der Waals surface area contributed by atoms with E-state index in [9.17, 15) is 8.42 Å². The number of nitrogens with two attached hydrogens (primary N) is 1. The highest BCUT2D eigenvalue weighted by Gasteiger charge is 2.29. The molecule has 1 saturated heterocycles. The van der Waals surface area contributed by atoms with E-state index in [2.05, 4.69) is 0 Å². The summed E-state index contributed by atoms with van der Waals surface area (Å²) in [6.07, 6.45) is 0.709. The number of hydrogen-bond donors (Lipinski definition) is 1. The van der Waals surface area contributed by atoms with E-state index in [4.69, 9.17) is 10.5 Å². The second-order valence-corrected chi connectivity index (χ2v) is 7.62. The van der Waals surface area contributed by atoms with E-state index in [0.29, 0.717) is 23.6 Å². The molecule has 94 valence electrons. The number of benzene rings is 1. The summed E-state index contributed by atoms with van der Waals surface area (Å²) in [5.41, 5.74) is 6.31. The van der Waals surface area contributed by atoms with Crippen molar-refractivity contribution in [1.82, 2.24) is 0 Å². The molecule has 1 aromatic carbocycles. The Labute approximate surface area is 105 Å². The predicted molar refractivity (Wildman–Crippen MR) is 70.3 cm³/mol. The summed E-state index contributed by atoms with van der Waals surface area (Å²) in [7, 11) is -1.24. The van der Waals surface area contributed by atoms with Crippen LogP contribution in [-0.2, 0) is 9.84 Å².